The molecular weight excluding hydrogens is 331 g/mol. The van der Waals surface area contributed by atoms with Crippen molar-refractivity contribution in [3.63, 3.8) is 0 Å². The van der Waals surface area contributed by atoms with E-state index in [1.165, 1.54) is 12.1 Å². The lowest BCUT2D eigenvalue weighted by Crippen LogP contribution is -2.53. The van der Waals surface area contributed by atoms with Crippen LogP contribution < -0.4 is 5.32 Å². The van der Waals surface area contributed by atoms with Crippen molar-refractivity contribution in [2.45, 2.75) is 31.7 Å². The van der Waals surface area contributed by atoms with E-state index in [1.54, 1.807) is 17.0 Å². The molecule has 0 bridgehead atoms. The maximum atomic E-state index is 13.6. The van der Waals surface area contributed by atoms with Gasteiger partial charge in [-0.25, -0.2) is 4.39 Å². The molecule has 1 atom stereocenters. The summed E-state index contributed by atoms with van der Waals surface area (Å²) >= 11 is 0. The molecule has 5 heteroatoms. The van der Waals surface area contributed by atoms with Gasteiger partial charge >= 0.3 is 0 Å². The van der Waals surface area contributed by atoms with Crippen LogP contribution in [0.1, 0.15) is 37.4 Å². The van der Waals surface area contributed by atoms with Crippen LogP contribution in [0.2, 0.25) is 0 Å². The van der Waals surface area contributed by atoms with E-state index in [9.17, 15) is 14.0 Å². The monoisotopic (exact) mass is 354 g/mol. The molecule has 2 amide bonds. The number of nitrogens with one attached hydrogen (secondary N) is 1. The molecular formula is C21H23FN2O2. The van der Waals surface area contributed by atoms with Crippen LogP contribution in [0, 0.1) is 5.82 Å². The average molecular weight is 354 g/mol. The lowest BCUT2D eigenvalue weighted by molar-refractivity contribution is -0.144. The number of amides is 2. The third-order valence-corrected chi connectivity index (χ3v) is 4.85. The van der Waals surface area contributed by atoms with Gasteiger partial charge in [0.2, 0.25) is 11.8 Å². The van der Waals surface area contributed by atoms with Crippen LogP contribution in [0.25, 0.3) is 0 Å². The van der Waals surface area contributed by atoms with E-state index in [2.05, 4.69) is 5.32 Å². The summed E-state index contributed by atoms with van der Waals surface area (Å²) in [4.78, 5) is 27.1. The zero-order valence-corrected chi connectivity index (χ0v) is 15.0. The Balaban J connectivity index is 1.85. The predicted octanol–water partition coefficient (Wildman–Crippen LogP) is 3.19. The standard InChI is InChI=1S/C21H23FN2O2/c1-21(2,16-8-4-3-5-9-16)14-18(25)24-12-11-23-20(26)19(24)15-7-6-10-17(22)13-15/h3-10,13,19H,11-12,14H2,1-2H3,(H,23,26). The van der Waals surface area contributed by atoms with Gasteiger partial charge in [0.05, 0.1) is 0 Å². The summed E-state index contributed by atoms with van der Waals surface area (Å²) in [6, 6.07) is 14.9. The highest BCUT2D eigenvalue weighted by Crippen LogP contribution is 2.31. The molecule has 4 nitrogen and oxygen atoms in total. The number of hydrogen-bond acceptors (Lipinski definition) is 2. The number of hydrogen-bond donors (Lipinski definition) is 1. The molecule has 0 saturated carbocycles. The molecule has 1 heterocycles. The van der Waals surface area contributed by atoms with Gasteiger partial charge in [0.25, 0.3) is 0 Å². The van der Waals surface area contributed by atoms with Gasteiger partial charge < -0.3 is 10.2 Å². The molecule has 0 aliphatic carbocycles. The van der Waals surface area contributed by atoms with Gasteiger partial charge in [-0.3, -0.25) is 9.59 Å². The number of carbonyl (C=O) groups excluding carboxylic acids is 2. The Hall–Kier alpha value is -2.69. The van der Waals surface area contributed by atoms with Gasteiger partial charge in [0.1, 0.15) is 11.9 Å². The molecule has 1 fully saturated rings. The van der Waals surface area contributed by atoms with E-state index in [4.69, 9.17) is 0 Å². The van der Waals surface area contributed by atoms with Crippen LogP contribution in [0.5, 0.6) is 0 Å². The minimum atomic E-state index is -0.793. The maximum Gasteiger partial charge on any atom is 0.247 e. The minimum Gasteiger partial charge on any atom is -0.352 e. The Morgan fingerprint density at radius 1 is 1.19 bits per heavy atom. The summed E-state index contributed by atoms with van der Waals surface area (Å²) in [5.41, 5.74) is 1.20. The van der Waals surface area contributed by atoms with Crippen molar-refractivity contribution in [2.75, 3.05) is 13.1 Å². The van der Waals surface area contributed by atoms with Crippen molar-refractivity contribution in [3.8, 4) is 0 Å². The van der Waals surface area contributed by atoms with Crippen LogP contribution in [-0.4, -0.2) is 29.8 Å². The van der Waals surface area contributed by atoms with Crippen LogP contribution >= 0.6 is 0 Å². The molecule has 1 saturated heterocycles. The first-order valence-electron chi connectivity index (χ1n) is 8.77. The van der Waals surface area contributed by atoms with Gasteiger partial charge in [0, 0.05) is 19.5 Å². The number of nitrogens with zero attached hydrogens (tertiary/aromatic N) is 1. The fourth-order valence-electron chi connectivity index (χ4n) is 3.41. The highest BCUT2D eigenvalue weighted by atomic mass is 19.1. The highest BCUT2D eigenvalue weighted by Gasteiger charge is 2.36. The number of halogens is 1. The molecule has 0 radical (unpaired) electrons. The molecule has 1 N–H and O–H groups in total. The summed E-state index contributed by atoms with van der Waals surface area (Å²) in [6.45, 7) is 4.85. The molecule has 26 heavy (non-hydrogen) atoms. The largest absolute Gasteiger partial charge is 0.352 e. The third kappa shape index (κ3) is 3.77. The van der Waals surface area contributed by atoms with Gasteiger partial charge in [-0.2, -0.15) is 0 Å². The molecule has 2 aromatic carbocycles. The van der Waals surface area contributed by atoms with E-state index in [1.807, 2.05) is 44.2 Å². The summed E-state index contributed by atoms with van der Waals surface area (Å²) < 4.78 is 13.6. The summed E-state index contributed by atoms with van der Waals surface area (Å²) in [7, 11) is 0. The molecule has 136 valence electrons. The predicted molar refractivity (Wildman–Crippen MR) is 97.9 cm³/mol. The second-order valence-corrected chi connectivity index (χ2v) is 7.26. The van der Waals surface area contributed by atoms with E-state index < -0.39 is 11.9 Å². The zero-order valence-electron chi connectivity index (χ0n) is 15.0. The number of carbonyl (C=O) groups is 2. The maximum absolute atomic E-state index is 13.6. The first-order chi connectivity index (χ1) is 12.4. The lowest BCUT2D eigenvalue weighted by atomic mass is 9.81. The van der Waals surface area contributed by atoms with Crippen LogP contribution in [0.3, 0.4) is 0 Å². The van der Waals surface area contributed by atoms with Crippen molar-refractivity contribution in [2.24, 2.45) is 0 Å². The normalized spacial score (nSPS) is 17.7. The molecule has 1 aliphatic heterocycles. The third-order valence-electron chi connectivity index (χ3n) is 4.85. The fourth-order valence-corrected chi connectivity index (χ4v) is 3.41. The first-order valence-corrected chi connectivity index (χ1v) is 8.77. The second-order valence-electron chi connectivity index (χ2n) is 7.26. The van der Waals surface area contributed by atoms with E-state index in [-0.39, 0.29) is 23.7 Å². The molecule has 2 aromatic rings. The summed E-state index contributed by atoms with van der Waals surface area (Å²) in [5.74, 6) is -0.798. The van der Waals surface area contributed by atoms with Crippen molar-refractivity contribution in [1.82, 2.24) is 10.2 Å². The molecule has 1 aliphatic rings. The first kappa shape index (κ1) is 18.1. The van der Waals surface area contributed by atoms with Crippen molar-refractivity contribution < 1.29 is 14.0 Å². The van der Waals surface area contributed by atoms with Crippen molar-refractivity contribution in [1.29, 1.82) is 0 Å². The van der Waals surface area contributed by atoms with Gasteiger partial charge in [-0.05, 0) is 28.7 Å². The second kappa shape index (κ2) is 7.28. The lowest BCUT2D eigenvalue weighted by Gasteiger charge is -2.37. The molecule has 1 unspecified atom stereocenters. The summed E-state index contributed by atoms with van der Waals surface area (Å²) in [6.07, 6.45) is 0.274. The molecule has 0 spiro atoms. The van der Waals surface area contributed by atoms with Crippen molar-refractivity contribution in [3.05, 3.63) is 71.5 Å². The number of benzene rings is 2. The zero-order chi connectivity index (χ0) is 18.7. The Bertz CT molecular complexity index is 805. The Kier molecular flexibility index (Phi) is 5.07. The quantitative estimate of drug-likeness (QED) is 0.917. The smallest absolute Gasteiger partial charge is 0.247 e. The average Bonchev–Trinajstić information content (AvgIpc) is 2.62. The van der Waals surface area contributed by atoms with Gasteiger partial charge in [-0.15, -0.1) is 0 Å². The Morgan fingerprint density at radius 3 is 2.62 bits per heavy atom. The number of piperazine rings is 1. The van der Waals surface area contributed by atoms with Crippen LogP contribution in [0.15, 0.2) is 54.6 Å². The Morgan fingerprint density at radius 2 is 1.92 bits per heavy atom. The molecule has 3 rings (SSSR count). The SMILES string of the molecule is CC(C)(CC(=O)N1CCNC(=O)C1c1cccc(F)c1)c1ccccc1. The number of rotatable bonds is 4. The van der Waals surface area contributed by atoms with Gasteiger partial charge in [-0.1, -0.05) is 56.3 Å². The summed E-state index contributed by atoms with van der Waals surface area (Å²) in [5, 5.41) is 2.77. The Labute approximate surface area is 153 Å². The van der Waals surface area contributed by atoms with E-state index >= 15 is 0 Å². The van der Waals surface area contributed by atoms with E-state index in [0.717, 1.165) is 5.56 Å². The highest BCUT2D eigenvalue weighted by molar-refractivity contribution is 5.90. The van der Waals surface area contributed by atoms with E-state index in [0.29, 0.717) is 18.7 Å². The van der Waals surface area contributed by atoms with Gasteiger partial charge in [0.15, 0.2) is 0 Å². The molecule has 0 aromatic heterocycles. The van der Waals surface area contributed by atoms with Crippen molar-refractivity contribution >= 4 is 11.8 Å². The fraction of sp³-hybridized carbons (Fsp3) is 0.333. The minimum absolute atomic E-state index is 0.108. The van der Waals surface area contributed by atoms with Crippen LogP contribution in [0.4, 0.5) is 4.39 Å². The van der Waals surface area contributed by atoms with Crippen LogP contribution in [-0.2, 0) is 15.0 Å². The topological polar surface area (TPSA) is 49.4 Å².